The van der Waals surface area contributed by atoms with E-state index in [1.54, 1.807) is 61.5 Å². The molecular weight excluding hydrogens is 478 g/mol. The number of hydrogen-bond acceptors (Lipinski definition) is 7. The Morgan fingerprint density at radius 2 is 1.50 bits per heavy atom. The zero-order valence-electron chi connectivity index (χ0n) is 17.7. The minimum atomic E-state index is -4.75. The molecule has 0 amide bonds. The summed E-state index contributed by atoms with van der Waals surface area (Å²) in [5, 5.41) is 19.2. The van der Waals surface area contributed by atoms with Gasteiger partial charge in [0.15, 0.2) is 5.75 Å². The molecule has 34 heavy (non-hydrogen) atoms. The van der Waals surface area contributed by atoms with Crippen LogP contribution in [0.1, 0.15) is 5.56 Å². The molecule has 0 aliphatic carbocycles. The quantitative estimate of drug-likeness (QED) is 0.243. The Morgan fingerprint density at radius 3 is 2.21 bits per heavy atom. The third kappa shape index (κ3) is 4.76. The predicted molar refractivity (Wildman–Crippen MR) is 128 cm³/mol. The average Bonchev–Trinajstić information content (AvgIpc) is 2.79. The summed E-state index contributed by atoms with van der Waals surface area (Å²) in [5.74, 6) is -0.485. The van der Waals surface area contributed by atoms with E-state index in [2.05, 4.69) is 15.0 Å². The van der Waals surface area contributed by atoms with Crippen LogP contribution in [0.15, 0.2) is 98.9 Å². The lowest BCUT2D eigenvalue weighted by atomic mass is 10.1. The molecule has 0 unspecified atom stereocenters. The third-order valence-electron chi connectivity index (χ3n) is 5.01. The Balaban J connectivity index is 1.79. The summed E-state index contributed by atoms with van der Waals surface area (Å²) >= 11 is 0. The summed E-state index contributed by atoms with van der Waals surface area (Å²) in [5.41, 5.74) is 0.599. The lowest BCUT2D eigenvalue weighted by Crippen LogP contribution is -2.12. The first-order valence-electron chi connectivity index (χ1n) is 9.89. The van der Waals surface area contributed by atoms with Gasteiger partial charge in [-0.3, -0.25) is 9.27 Å². The van der Waals surface area contributed by atoms with E-state index in [1.165, 1.54) is 24.3 Å². The standard InChI is InChI=1S/C23H19N3O6S2/c1-15-11-12-18(33(28,29)26-17-8-3-2-4-9-17)14-20(15)24-25-22-21(34(30,31)32)13-16-7-5-6-10-19(16)23(22)27/h2-14,26-27H,1H3,(H,30,31,32). The molecular formula is C23H19N3O6S2. The van der Waals surface area contributed by atoms with E-state index < -0.39 is 36.5 Å². The number of phenols is 1. The monoisotopic (exact) mass is 497 g/mol. The van der Waals surface area contributed by atoms with Gasteiger partial charge in [-0.25, -0.2) is 8.42 Å². The van der Waals surface area contributed by atoms with Crippen molar-refractivity contribution in [1.82, 2.24) is 0 Å². The number of anilines is 1. The number of phenolic OH excluding ortho intramolecular Hbond substituents is 1. The van der Waals surface area contributed by atoms with E-state index in [1.807, 2.05) is 0 Å². The van der Waals surface area contributed by atoms with Crippen LogP contribution < -0.4 is 4.72 Å². The molecule has 0 spiro atoms. The molecule has 4 rings (SSSR count). The van der Waals surface area contributed by atoms with E-state index in [4.69, 9.17) is 0 Å². The summed E-state index contributed by atoms with van der Waals surface area (Å²) in [6, 6.07) is 20.1. The maximum atomic E-state index is 12.8. The van der Waals surface area contributed by atoms with Gasteiger partial charge in [0.05, 0.1) is 10.6 Å². The van der Waals surface area contributed by atoms with Gasteiger partial charge in [0.1, 0.15) is 10.6 Å². The molecule has 9 nitrogen and oxygen atoms in total. The van der Waals surface area contributed by atoms with Crippen LogP contribution in [0.4, 0.5) is 17.1 Å². The maximum Gasteiger partial charge on any atom is 0.296 e. The number of sulfonamides is 1. The number of nitrogens with one attached hydrogen (secondary N) is 1. The zero-order chi connectivity index (χ0) is 24.5. The number of benzene rings is 4. The predicted octanol–water partition coefficient (Wildman–Crippen LogP) is 5.32. The molecule has 4 aromatic rings. The van der Waals surface area contributed by atoms with E-state index in [9.17, 15) is 26.5 Å². The largest absolute Gasteiger partial charge is 0.505 e. The molecule has 0 heterocycles. The molecule has 0 bridgehead atoms. The van der Waals surface area contributed by atoms with Crippen LogP contribution >= 0.6 is 0 Å². The molecule has 3 N–H and O–H groups in total. The highest BCUT2D eigenvalue weighted by Gasteiger charge is 2.22. The summed E-state index contributed by atoms with van der Waals surface area (Å²) < 4.78 is 61.6. The minimum absolute atomic E-state index is 0.0892. The number of para-hydroxylation sites is 1. The van der Waals surface area contributed by atoms with Gasteiger partial charge in [-0.1, -0.05) is 48.5 Å². The van der Waals surface area contributed by atoms with Gasteiger partial charge in [0.2, 0.25) is 0 Å². The number of nitrogens with zero attached hydrogens (tertiary/aromatic N) is 2. The smallest absolute Gasteiger partial charge is 0.296 e. The van der Waals surface area contributed by atoms with Crippen molar-refractivity contribution in [3.63, 3.8) is 0 Å². The lowest BCUT2D eigenvalue weighted by Gasteiger charge is -2.10. The maximum absolute atomic E-state index is 12.8. The molecule has 11 heteroatoms. The van der Waals surface area contributed by atoms with Crippen molar-refractivity contribution >= 4 is 48.0 Å². The Bertz CT molecular complexity index is 1630. The number of aryl methyl sites for hydroxylation is 1. The molecule has 0 fully saturated rings. The Hall–Kier alpha value is -3.80. The highest BCUT2D eigenvalue weighted by molar-refractivity contribution is 7.92. The summed E-state index contributed by atoms with van der Waals surface area (Å²) in [7, 11) is -8.69. The molecule has 0 aliphatic heterocycles. The van der Waals surface area contributed by atoms with E-state index in [0.717, 1.165) is 0 Å². The first-order chi connectivity index (χ1) is 16.1. The van der Waals surface area contributed by atoms with Crippen molar-refractivity contribution < 1.29 is 26.5 Å². The van der Waals surface area contributed by atoms with E-state index in [0.29, 0.717) is 22.0 Å². The van der Waals surface area contributed by atoms with Crippen LogP contribution in [0.25, 0.3) is 10.8 Å². The molecule has 4 aromatic carbocycles. The fourth-order valence-corrected chi connectivity index (χ4v) is 5.01. The topological polar surface area (TPSA) is 145 Å². The highest BCUT2D eigenvalue weighted by atomic mass is 32.2. The molecule has 0 aromatic heterocycles. The normalized spacial score (nSPS) is 12.3. The van der Waals surface area contributed by atoms with Crippen molar-refractivity contribution in [1.29, 1.82) is 0 Å². The van der Waals surface area contributed by atoms with Crippen LogP contribution in [0.2, 0.25) is 0 Å². The van der Waals surface area contributed by atoms with Gasteiger partial charge in [0.25, 0.3) is 20.1 Å². The van der Waals surface area contributed by atoms with Crippen molar-refractivity contribution in [2.75, 3.05) is 4.72 Å². The van der Waals surface area contributed by atoms with Crippen LogP contribution in [0.3, 0.4) is 0 Å². The lowest BCUT2D eigenvalue weighted by molar-refractivity contribution is 0.472. The van der Waals surface area contributed by atoms with Gasteiger partial charge >= 0.3 is 0 Å². The average molecular weight is 498 g/mol. The summed E-state index contributed by atoms with van der Waals surface area (Å²) in [6.07, 6.45) is 0. The van der Waals surface area contributed by atoms with Crippen molar-refractivity contribution in [2.45, 2.75) is 16.7 Å². The molecule has 0 radical (unpaired) electrons. The van der Waals surface area contributed by atoms with E-state index in [-0.39, 0.29) is 10.6 Å². The van der Waals surface area contributed by atoms with Crippen LogP contribution in [0, 0.1) is 6.92 Å². The Morgan fingerprint density at radius 1 is 0.824 bits per heavy atom. The van der Waals surface area contributed by atoms with Crippen LogP contribution in [-0.4, -0.2) is 26.5 Å². The number of hydrogen-bond donors (Lipinski definition) is 3. The number of fused-ring (bicyclic) bond motifs is 1. The number of rotatable bonds is 6. The second kappa shape index (κ2) is 8.86. The Labute approximate surface area is 196 Å². The molecule has 0 atom stereocenters. The van der Waals surface area contributed by atoms with Crippen LogP contribution in [0.5, 0.6) is 5.75 Å². The fourth-order valence-electron chi connectivity index (χ4n) is 3.27. The number of aromatic hydroxyl groups is 1. The van der Waals surface area contributed by atoms with Gasteiger partial charge in [-0.05, 0) is 48.2 Å². The zero-order valence-corrected chi connectivity index (χ0v) is 19.4. The highest BCUT2D eigenvalue weighted by Crippen LogP contribution is 2.41. The summed E-state index contributed by atoms with van der Waals surface area (Å²) in [4.78, 5) is -0.715. The Kier molecular flexibility index (Phi) is 6.09. The second-order valence-corrected chi connectivity index (χ2v) is 10.5. The minimum Gasteiger partial charge on any atom is -0.505 e. The first-order valence-corrected chi connectivity index (χ1v) is 12.8. The van der Waals surface area contributed by atoms with Gasteiger partial charge < -0.3 is 5.11 Å². The SMILES string of the molecule is Cc1ccc(S(=O)(=O)Nc2ccccc2)cc1N=Nc1c(S(=O)(=O)O)cc2ccccc2c1O. The first kappa shape index (κ1) is 23.4. The van der Waals surface area contributed by atoms with Crippen molar-refractivity contribution in [3.05, 3.63) is 84.4 Å². The molecule has 174 valence electrons. The van der Waals surface area contributed by atoms with Gasteiger partial charge in [0, 0.05) is 11.1 Å². The fraction of sp³-hybridized carbons (Fsp3) is 0.0435. The van der Waals surface area contributed by atoms with Crippen molar-refractivity contribution in [2.24, 2.45) is 10.2 Å². The molecule has 0 aliphatic rings. The third-order valence-corrected chi connectivity index (χ3v) is 7.26. The van der Waals surface area contributed by atoms with Gasteiger partial charge in [-0.2, -0.15) is 13.5 Å². The summed E-state index contributed by atoms with van der Waals surface area (Å²) in [6.45, 7) is 1.67. The second-order valence-electron chi connectivity index (χ2n) is 7.39. The van der Waals surface area contributed by atoms with Crippen molar-refractivity contribution in [3.8, 4) is 5.75 Å². The van der Waals surface area contributed by atoms with Gasteiger partial charge in [-0.15, -0.1) is 5.11 Å². The number of azo groups is 1. The molecule has 0 saturated heterocycles. The molecule has 0 saturated carbocycles. The van der Waals surface area contributed by atoms with E-state index >= 15 is 0 Å². The van der Waals surface area contributed by atoms with Crippen LogP contribution in [-0.2, 0) is 20.1 Å².